The number of rotatable bonds is 5. The highest BCUT2D eigenvalue weighted by Gasteiger charge is 2.34. The molecule has 1 atom stereocenters. The Labute approximate surface area is 156 Å². The van der Waals surface area contributed by atoms with Gasteiger partial charge in [-0.25, -0.2) is 14.4 Å². The van der Waals surface area contributed by atoms with E-state index in [-0.39, 0.29) is 5.69 Å². The highest BCUT2D eigenvalue weighted by Crippen LogP contribution is 2.29. The molecule has 8 heteroatoms. The molecule has 3 rings (SSSR count). The number of fused-ring (bicyclic) bond motifs is 1. The Hall–Kier alpha value is -2.87. The average Bonchev–Trinajstić information content (AvgIpc) is 2.95. The van der Waals surface area contributed by atoms with Crippen LogP contribution in [0.2, 0.25) is 0 Å². The van der Waals surface area contributed by atoms with E-state index < -0.39 is 23.4 Å². The van der Waals surface area contributed by atoms with Crippen LogP contribution in [0.25, 0.3) is 11.0 Å². The topological polar surface area (TPSA) is 92.9 Å². The van der Waals surface area contributed by atoms with Crippen molar-refractivity contribution in [2.45, 2.75) is 45.9 Å². The second kappa shape index (κ2) is 7.03. The summed E-state index contributed by atoms with van der Waals surface area (Å²) in [6.07, 6.45) is 2.88. The van der Waals surface area contributed by atoms with E-state index in [0.717, 1.165) is 5.52 Å². The smallest absolute Gasteiger partial charge is 0.272 e. The van der Waals surface area contributed by atoms with Crippen molar-refractivity contribution < 1.29 is 14.3 Å². The van der Waals surface area contributed by atoms with Crippen LogP contribution in [-0.2, 0) is 6.54 Å². The molecule has 0 aliphatic heterocycles. The molecule has 0 radical (unpaired) electrons. The molecule has 3 aromatic rings. The maximum absolute atomic E-state index is 13.6. The minimum atomic E-state index is -1.32. The molecule has 0 spiro atoms. The fourth-order valence-corrected chi connectivity index (χ4v) is 2.95. The first kappa shape index (κ1) is 18.9. The number of imidazole rings is 1. The van der Waals surface area contributed by atoms with Crippen LogP contribution in [0, 0.1) is 12.7 Å². The van der Waals surface area contributed by atoms with E-state index in [4.69, 9.17) is 0 Å². The van der Waals surface area contributed by atoms with Crippen molar-refractivity contribution in [3.8, 4) is 0 Å². The van der Waals surface area contributed by atoms with Gasteiger partial charge in [-0.2, -0.15) is 0 Å². The van der Waals surface area contributed by atoms with Crippen molar-refractivity contribution >= 4 is 16.9 Å². The highest BCUT2D eigenvalue weighted by molar-refractivity contribution is 5.92. The number of carbonyl (C=O) groups is 1. The SMILES string of the molecule is CCn1c([C@@H](NC(=O)c2cnc(C)cn2)C(C)(C)O)nc2cc(F)ccc21. The van der Waals surface area contributed by atoms with Gasteiger partial charge in [-0.3, -0.25) is 9.78 Å². The third-order valence-electron chi connectivity index (χ3n) is 4.31. The molecule has 2 aromatic heterocycles. The molecule has 0 unspecified atom stereocenters. The molecule has 1 aromatic carbocycles. The van der Waals surface area contributed by atoms with Crippen LogP contribution < -0.4 is 5.32 Å². The van der Waals surface area contributed by atoms with E-state index in [9.17, 15) is 14.3 Å². The largest absolute Gasteiger partial charge is 0.388 e. The maximum Gasteiger partial charge on any atom is 0.272 e. The van der Waals surface area contributed by atoms with Gasteiger partial charge in [0, 0.05) is 18.8 Å². The molecule has 142 valence electrons. The molecule has 0 saturated carbocycles. The van der Waals surface area contributed by atoms with E-state index in [1.807, 2.05) is 11.5 Å². The molecule has 1 amide bonds. The molecule has 0 fully saturated rings. The summed E-state index contributed by atoms with van der Waals surface area (Å²) in [5, 5.41) is 13.5. The van der Waals surface area contributed by atoms with E-state index in [2.05, 4.69) is 20.3 Å². The average molecular weight is 371 g/mol. The minimum Gasteiger partial charge on any atom is -0.388 e. The molecule has 2 heterocycles. The summed E-state index contributed by atoms with van der Waals surface area (Å²) < 4.78 is 15.4. The molecule has 0 bridgehead atoms. The summed E-state index contributed by atoms with van der Waals surface area (Å²) in [6.45, 7) is 7.40. The number of nitrogens with one attached hydrogen (secondary N) is 1. The zero-order valence-corrected chi connectivity index (χ0v) is 15.7. The van der Waals surface area contributed by atoms with Crippen LogP contribution >= 0.6 is 0 Å². The third-order valence-corrected chi connectivity index (χ3v) is 4.31. The maximum atomic E-state index is 13.6. The number of nitrogens with zero attached hydrogens (tertiary/aromatic N) is 4. The monoisotopic (exact) mass is 371 g/mol. The number of aryl methyl sites for hydroxylation is 2. The lowest BCUT2D eigenvalue weighted by atomic mass is 9.97. The van der Waals surface area contributed by atoms with E-state index in [0.29, 0.717) is 23.6 Å². The van der Waals surface area contributed by atoms with Gasteiger partial charge >= 0.3 is 0 Å². The van der Waals surface area contributed by atoms with Crippen molar-refractivity contribution in [1.29, 1.82) is 0 Å². The summed E-state index contributed by atoms with van der Waals surface area (Å²) in [4.78, 5) is 25.3. The van der Waals surface area contributed by atoms with Crippen LogP contribution in [0.4, 0.5) is 4.39 Å². The molecule has 0 saturated heterocycles. The van der Waals surface area contributed by atoms with Crippen LogP contribution in [0.15, 0.2) is 30.6 Å². The van der Waals surface area contributed by atoms with Gasteiger partial charge in [0.25, 0.3) is 5.91 Å². The van der Waals surface area contributed by atoms with Crippen LogP contribution in [0.1, 0.15) is 48.8 Å². The van der Waals surface area contributed by atoms with Crippen LogP contribution in [-0.4, -0.2) is 36.1 Å². The summed E-state index contributed by atoms with van der Waals surface area (Å²) in [5.41, 5.74) is 0.708. The van der Waals surface area contributed by atoms with E-state index >= 15 is 0 Å². The Morgan fingerprint density at radius 3 is 2.67 bits per heavy atom. The van der Waals surface area contributed by atoms with Gasteiger partial charge in [-0.1, -0.05) is 0 Å². The number of benzene rings is 1. The number of hydrogen-bond donors (Lipinski definition) is 2. The summed E-state index contributed by atoms with van der Waals surface area (Å²) in [7, 11) is 0. The van der Waals surface area contributed by atoms with Gasteiger partial charge in [0.05, 0.1) is 28.5 Å². The fourth-order valence-electron chi connectivity index (χ4n) is 2.95. The van der Waals surface area contributed by atoms with Crippen molar-refractivity contribution in [3.05, 3.63) is 53.6 Å². The number of halogens is 1. The normalized spacial score (nSPS) is 13.0. The first-order chi connectivity index (χ1) is 12.7. The number of carbonyl (C=O) groups excluding carboxylic acids is 1. The van der Waals surface area contributed by atoms with Gasteiger partial charge in [0.15, 0.2) is 0 Å². The van der Waals surface area contributed by atoms with E-state index in [1.165, 1.54) is 24.5 Å². The Morgan fingerprint density at radius 2 is 2.07 bits per heavy atom. The molecule has 0 aliphatic rings. The van der Waals surface area contributed by atoms with Crippen molar-refractivity contribution in [2.75, 3.05) is 0 Å². The van der Waals surface area contributed by atoms with Gasteiger partial charge in [-0.15, -0.1) is 0 Å². The molecule has 27 heavy (non-hydrogen) atoms. The Kier molecular flexibility index (Phi) is 4.93. The zero-order valence-electron chi connectivity index (χ0n) is 15.7. The second-order valence-electron chi connectivity index (χ2n) is 6.95. The minimum absolute atomic E-state index is 0.139. The van der Waals surface area contributed by atoms with Crippen molar-refractivity contribution in [3.63, 3.8) is 0 Å². The Balaban J connectivity index is 2.04. The van der Waals surface area contributed by atoms with Crippen molar-refractivity contribution in [2.24, 2.45) is 0 Å². The predicted molar refractivity (Wildman–Crippen MR) is 98.6 cm³/mol. The first-order valence-corrected chi connectivity index (χ1v) is 8.68. The van der Waals surface area contributed by atoms with Gasteiger partial charge < -0.3 is 15.0 Å². The molecule has 2 N–H and O–H groups in total. The number of amides is 1. The summed E-state index contributed by atoms with van der Waals surface area (Å²) in [6, 6.07) is 3.50. The summed E-state index contributed by atoms with van der Waals surface area (Å²) in [5.74, 6) is -0.428. The summed E-state index contributed by atoms with van der Waals surface area (Å²) >= 11 is 0. The van der Waals surface area contributed by atoms with Crippen LogP contribution in [0.3, 0.4) is 0 Å². The predicted octanol–water partition coefficient (Wildman–Crippen LogP) is 2.54. The number of aliphatic hydroxyl groups is 1. The number of aromatic nitrogens is 4. The van der Waals surface area contributed by atoms with E-state index in [1.54, 1.807) is 26.8 Å². The molecular formula is C19H22FN5O2. The first-order valence-electron chi connectivity index (χ1n) is 8.68. The van der Waals surface area contributed by atoms with Gasteiger partial charge in [-0.05, 0) is 39.8 Å². The van der Waals surface area contributed by atoms with Gasteiger partial charge in [0.1, 0.15) is 23.4 Å². The lowest BCUT2D eigenvalue weighted by molar-refractivity contribution is 0.0305. The highest BCUT2D eigenvalue weighted by atomic mass is 19.1. The fraction of sp³-hybridized carbons (Fsp3) is 0.368. The molecule has 0 aliphatic carbocycles. The Bertz CT molecular complexity index is 976. The van der Waals surface area contributed by atoms with Crippen molar-refractivity contribution in [1.82, 2.24) is 24.8 Å². The molecular weight excluding hydrogens is 349 g/mol. The Morgan fingerprint density at radius 1 is 1.33 bits per heavy atom. The molecule has 7 nitrogen and oxygen atoms in total. The second-order valence-corrected chi connectivity index (χ2v) is 6.95. The number of hydrogen-bond acceptors (Lipinski definition) is 5. The quantitative estimate of drug-likeness (QED) is 0.719. The van der Waals surface area contributed by atoms with Gasteiger partial charge in [0.2, 0.25) is 0 Å². The lowest BCUT2D eigenvalue weighted by Gasteiger charge is -2.30. The lowest BCUT2D eigenvalue weighted by Crippen LogP contribution is -2.43. The standard InChI is InChI=1S/C19H22FN5O2/c1-5-25-15-7-6-12(20)8-13(15)23-17(25)16(19(3,4)27)24-18(26)14-10-21-11(2)9-22-14/h6-10,16,27H,5H2,1-4H3,(H,24,26)/t16-/m1/s1. The van der Waals surface area contributed by atoms with Crippen LogP contribution in [0.5, 0.6) is 0 Å². The third kappa shape index (κ3) is 3.80. The zero-order chi connectivity index (χ0) is 19.8.